The molecule has 1 amide bonds. The first kappa shape index (κ1) is 11.1. The molecule has 0 bridgehead atoms. The maximum Gasteiger partial charge on any atom is 0.271 e. The van der Waals surface area contributed by atoms with Crippen molar-refractivity contribution >= 4 is 12.1 Å². The maximum atomic E-state index is 12.8. The van der Waals surface area contributed by atoms with E-state index in [1.165, 1.54) is 30.7 Å². The largest absolute Gasteiger partial charge is 0.463 e. The number of hydrogen-bond donors (Lipinski definition) is 1. The molecular formula is C12H9FN2O2. The first-order valence-electron chi connectivity index (χ1n) is 4.88. The van der Waals surface area contributed by atoms with Crippen molar-refractivity contribution in [2.45, 2.75) is 0 Å². The van der Waals surface area contributed by atoms with Gasteiger partial charge in [0.25, 0.3) is 5.91 Å². The van der Waals surface area contributed by atoms with Gasteiger partial charge in [0.15, 0.2) is 0 Å². The lowest BCUT2D eigenvalue weighted by Gasteiger charge is -1.98. The van der Waals surface area contributed by atoms with Gasteiger partial charge in [0, 0.05) is 5.56 Å². The summed E-state index contributed by atoms with van der Waals surface area (Å²) in [6.45, 7) is 0. The Morgan fingerprint density at radius 3 is 2.94 bits per heavy atom. The summed E-state index contributed by atoms with van der Waals surface area (Å²) in [4.78, 5) is 11.5. The van der Waals surface area contributed by atoms with Crippen LogP contribution in [0, 0.1) is 5.82 Å². The monoisotopic (exact) mass is 232 g/mol. The lowest BCUT2D eigenvalue weighted by molar-refractivity contribution is 0.0954. The smallest absolute Gasteiger partial charge is 0.271 e. The van der Waals surface area contributed by atoms with Crippen molar-refractivity contribution in [1.29, 1.82) is 0 Å². The van der Waals surface area contributed by atoms with Crippen LogP contribution in [-0.2, 0) is 0 Å². The molecule has 0 atom stereocenters. The summed E-state index contributed by atoms with van der Waals surface area (Å²) in [6, 6.07) is 8.76. The summed E-state index contributed by atoms with van der Waals surface area (Å²) in [5.41, 5.74) is 2.48. The number of furan rings is 1. The quantitative estimate of drug-likeness (QED) is 0.651. The van der Waals surface area contributed by atoms with E-state index < -0.39 is 11.7 Å². The molecule has 1 aromatic heterocycles. The third-order valence-corrected chi connectivity index (χ3v) is 1.99. The van der Waals surface area contributed by atoms with Crippen LogP contribution in [0.5, 0.6) is 0 Å². The van der Waals surface area contributed by atoms with Gasteiger partial charge in [0.1, 0.15) is 11.6 Å². The molecule has 0 aliphatic rings. The van der Waals surface area contributed by atoms with Gasteiger partial charge in [-0.3, -0.25) is 4.79 Å². The molecule has 0 aliphatic carbocycles. The van der Waals surface area contributed by atoms with Crippen LogP contribution in [0.2, 0.25) is 0 Å². The number of rotatable bonds is 3. The molecule has 0 fully saturated rings. The molecule has 0 saturated heterocycles. The van der Waals surface area contributed by atoms with Gasteiger partial charge in [-0.05, 0) is 30.3 Å². The predicted molar refractivity (Wildman–Crippen MR) is 60.2 cm³/mol. The number of halogens is 1. The molecule has 0 radical (unpaired) electrons. The van der Waals surface area contributed by atoms with Crippen molar-refractivity contribution < 1.29 is 13.6 Å². The van der Waals surface area contributed by atoms with E-state index in [1.54, 1.807) is 12.1 Å². The summed E-state index contributed by atoms with van der Waals surface area (Å²) >= 11 is 0. The van der Waals surface area contributed by atoms with Crippen molar-refractivity contribution in [3.05, 3.63) is 59.8 Å². The molecule has 2 rings (SSSR count). The second-order valence-corrected chi connectivity index (χ2v) is 3.22. The normalized spacial score (nSPS) is 10.6. The maximum absolute atomic E-state index is 12.8. The summed E-state index contributed by atoms with van der Waals surface area (Å²) in [6.07, 6.45) is 2.85. The molecular weight excluding hydrogens is 223 g/mol. The van der Waals surface area contributed by atoms with Gasteiger partial charge in [-0.15, -0.1) is 0 Å². The number of hydrogen-bond acceptors (Lipinski definition) is 3. The Bertz CT molecular complexity index is 535. The molecule has 1 N–H and O–H groups in total. The lowest BCUT2D eigenvalue weighted by Crippen LogP contribution is -2.17. The summed E-state index contributed by atoms with van der Waals surface area (Å²) in [5, 5.41) is 3.68. The SMILES string of the molecule is O=C(N/N=C/c1ccco1)c1cccc(F)c1. The molecule has 17 heavy (non-hydrogen) atoms. The minimum atomic E-state index is -0.479. The molecule has 86 valence electrons. The fraction of sp³-hybridized carbons (Fsp3) is 0. The van der Waals surface area contributed by atoms with Gasteiger partial charge in [0.05, 0.1) is 12.5 Å². The minimum absolute atomic E-state index is 0.210. The van der Waals surface area contributed by atoms with Crippen LogP contribution in [0.25, 0.3) is 0 Å². The van der Waals surface area contributed by atoms with E-state index in [2.05, 4.69) is 10.5 Å². The standard InChI is InChI=1S/C12H9FN2O2/c13-10-4-1-3-9(7-10)12(16)15-14-8-11-5-2-6-17-11/h1-8H,(H,15,16)/b14-8+. The number of carbonyl (C=O) groups excluding carboxylic acids is 1. The van der Waals surface area contributed by atoms with Crippen molar-refractivity contribution in [1.82, 2.24) is 5.43 Å². The van der Waals surface area contributed by atoms with Crippen LogP contribution in [0.4, 0.5) is 4.39 Å². The lowest BCUT2D eigenvalue weighted by atomic mass is 10.2. The van der Waals surface area contributed by atoms with E-state index in [0.29, 0.717) is 5.76 Å². The van der Waals surface area contributed by atoms with Crippen molar-refractivity contribution in [3.63, 3.8) is 0 Å². The molecule has 0 spiro atoms. The Hall–Kier alpha value is -2.43. The predicted octanol–water partition coefficient (Wildman–Crippen LogP) is 2.18. The molecule has 0 aliphatic heterocycles. The summed E-state index contributed by atoms with van der Waals surface area (Å²) in [7, 11) is 0. The zero-order valence-corrected chi connectivity index (χ0v) is 8.76. The highest BCUT2D eigenvalue weighted by molar-refractivity contribution is 5.94. The number of benzene rings is 1. The Balaban J connectivity index is 1.98. The van der Waals surface area contributed by atoms with Gasteiger partial charge in [-0.2, -0.15) is 5.10 Å². The Morgan fingerprint density at radius 1 is 1.35 bits per heavy atom. The van der Waals surface area contributed by atoms with Gasteiger partial charge >= 0.3 is 0 Å². The fourth-order valence-electron chi connectivity index (χ4n) is 1.21. The highest BCUT2D eigenvalue weighted by Gasteiger charge is 2.04. The van der Waals surface area contributed by atoms with Crippen LogP contribution < -0.4 is 5.43 Å². The molecule has 5 heteroatoms. The van der Waals surface area contributed by atoms with Gasteiger partial charge < -0.3 is 4.42 Å². The minimum Gasteiger partial charge on any atom is -0.463 e. The topological polar surface area (TPSA) is 54.6 Å². The average molecular weight is 232 g/mol. The number of nitrogens with zero attached hydrogens (tertiary/aromatic N) is 1. The van der Waals surface area contributed by atoms with E-state index in [4.69, 9.17) is 4.42 Å². The third-order valence-electron chi connectivity index (χ3n) is 1.99. The summed E-state index contributed by atoms with van der Waals surface area (Å²) < 4.78 is 17.8. The van der Waals surface area contributed by atoms with Gasteiger partial charge in [-0.25, -0.2) is 9.82 Å². The molecule has 1 heterocycles. The van der Waals surface area contributed by atoms with E-state index >= 15 is 0 Å². The van der Waals surface area contributed by atoms with E-state index in [9.17, 15) is 9.18 Å². The Labute approximate surface area is 96.8 Å². The van der Waals surface area contributed by atoms with Gasteiger partial charge in [0.2, 0.25) is 0 Å². The number of nitrogens with one attached hydrogen (secondary N) is 1. The Morgan fingerprint density at radius 2 is 2.24 bits per heavy atom. The molecule has 0 saturated carbocycles. The van der Waals surface area contributed by atoms with Crippen LogP contribution in [0.3, 0.4) is 0 Å². The van der Waals surface area contributed by atoms with E-state index in [0.717, 1.165) is 6.07 Å². The third kappa shape index (κ3) is 3.01. The van der Waals surface area contributed by atoms with E-state index in [1.807, 2.05) is 0 Å². The number of amides is 1. The molecule has 0 unspecified atom stereocenters. The molecule has 4 nitrogen and oxygen atoms in total. The number of carbonyl (C=O) groups is 1. The molecule has 2 aromatic rings. The zero-order valence-electron chi connectivity index (χ0n) is 8.76. The highest BCUT2D eigenvalue weighted by Crippen LogP contribution is 2.03. The fourth-order valence-corrected chi connectivity index (χ4v) is 1.21. The second kappa shape index (κ2) is 5.07. The Kier molecular flexibility index (Phi) is 3.30. The number of hydrazone groups is 1. The van der Waals surface area contributed by atoms with Crippen molar-refractivity contribution in [2.24, 2.45) is 5.10 Å². The zero-order chi connectivity index (χ0) is 12.1. The van der Waals surface area contributed by atoms with E-state index in [-0.39, 0.29) is 5.56 Å². The van der Waals surface area contributed by atoms with Gasteiger partial charge in [-0.1, -0.05) is 6.07 Å². The first-order chi connectivity index (χ1) is 8.25. The van der Waals surface area contributed by atoms with Crippen LogP contribution >= 0.6 is 0 Å². The van der Waals surface area contributed by atoms with Crippen LogP contribution in [0.15, 0.2) is 52.2 Å². The van der Waals surface area contributed by atoms with Crippen LogP contribution in [-0.4, -0.2) is 12.1 Å². The van der Waals surface area contributed by atoms with Crippen LogP contribution in [0.1, 0.15) is 16.1 Å². The van der Waals surface area contributed by atoms with Crippen molar-refractivity contribution in [2.75, 3.05) is 0 Å². The summed E-state index contributed by atoms with van der Waals surface area (Å²) in [5.74, 6) is -0.426. The van der Waals surface area contributed by atoms with Crippen molar-refractivity contribution in [3.8, 4) is 0 Å². The average Bonchev–Trinajstić information content (AvgIpc) is 2.82. The second-order valence-electron chi connectivity index (χ2n) is 3.22. The first-order valence-corrected chi connectivity index (χ1v) is 4.88. The highest BCUT2D eigenvalue weighted by atomic mass is 19.1. The molecule has 1 aromatic carbocycles.